The van der Waals surface area contributed by atoms with Gasteiger partial charge in [-0.25, -0.2) is 9.59 Å². The van der Waals surface area contributed by atoms with E-state index in [0.717, 1.165) is 51.4 Å². The van der Waals surface area contributed by atoms with Gasteiger partial charge in [0, 0.05) is 26.6 Å². The maximum absolute atomic E-state index is 16.0. The summed E-state index contributed by atoms with van der Waals surface area (Å²) in [5, 5.41) is 39.0. The summed E-state index contributed by atoms with van der Waals surface area (Å²) < 4.78 is 42.9. The lowest BCUT2D eigenvalue weighted by atomic mass is 9.74. The number of nitrogens with one attached hydrogen (secondary N) is 12. The van der Waals surface area contributed by atoms with Crippen molar-refractivity contribution in [3.8, 4) is 11.4 Å². The summed E-state index contributed by atoms with van der Waals surface area (Å²) in [6.07, 6.45) is 25.2. The third-order valence-electron chi connectivity index (χ3n) is 28.7. The van der Waals surface area contributed by atoms with Crippen LogP contribution in [0.5, 0.6) is 0 Å². The van der Waals surface area contributed by atoms with E-state index >= 15 is 38.4 Å². The molecule has 34 heteroatoms. The number of nitrogens with zero attached hydrogens (tertiary/aromatic N) is 2. The van der Waals surface area contributed by atoms with Crippen molar-refractivity contribution in [3.05, 3.63) is 36.7 Å². The summed E-state index contributed by atoms with van der Waals surface area (Å²) in [5.74, 6) is -7.32. The van der Waals surface area contributed by atoms with Crippen LogP contribution in [0.4, 0.5) is 11.4 Å². The first-order valence-electron chi connectivity index (χ1n) is 49.6. The summed E-state index contributed by atoms with van der Waals surface area (Å²) in [4.78, 5) is 191. The molecule has 8 saturated carbocycles. The molecule has 2 aromatic rings. The molecule has 0 aliphatic heterocycles. The molecule has 2 aromatic heterocycles. The number of amides is 10. The molecular formula is C98H156N14O20. The van der Waals surface area contributed by atoms with E-state index in [1.54, 1.807) is 66.4 Å². The van der Waals surface area contributed by atoms with Crippen molar-refractivity contribution in [1.82, 2.24) is 63.1 Å². The third-order valence-corrected chi connectivity index (χ3v) is 28.7. The highest BCUT2D eigenvalue weighted by Crippen LogP contribution is 2.44. The van der Waals surface area contributed by atoms with Crippen molar-refractivity contribution in [2.24, 2.45) is 11.8 Å². The fraction of sp³-hybridized carbons (Fsp3) is 0.776. The first-order valence-corrected chi connectivity index (χ1v) is 49.6. The van der Waals surface area contributed by atoms with Crippen molar-refractivity contribution in [2.75, 3.05) is 104 Å². The minimum atomic E-state index is -1.50. The number of anilines is 2. The van der Waals surface area contributed by atoms with Gasteiger partial charge in [0.25, 0.3) is 0 Å². The topological polar surface area (TPSA) is 449 Å². The van der Waals surface area contributed by atoms with E-state index in [1.165, 1.54) is 27.7 Å². The Kier molecular flexibility index (Phi) is 39.3. The Morgan fingerprint density at radius 1 is 0.303 bits per heavy atom. The Hall–Kier alpha value is -8.70. The second-order valence-electron chi connectivity index (χ2n) is 40.2. The highest BCUT2D eigenvalue weighted by Gasteiger charge is 2.57. The molecule has 10 rings (SSSR count). The van der Waals surface area contributed by atoms with Crippen LogP contribution in [0.25, 0.3) is 11.4 Å². The standard InChI is InChI=1S/C98H156N14O20/c1-69(2)73(77(113)105-89(5,6)87(123)131-67-65-129-63-61-127-59-57-125-9)101-79(115)91(39-19-11-20-40-91)107-83(119)95(47-27-15-28-48-95)111-85(121)97(51-31-17-32-52-97)109-81(117)93(43-23-13-24-44-93)103-71-37-35-55-99-75(71)76-72(38-36-56-100-76)104-94(45-25-14-26-46-94)82(118)110-98(53-33-18-34-54-98)86(122)112-96(49-29-16-30-50-96)84(120)108-92(41-21-12-22-42-92)80(116)102-74(70(3)4)78(114)106-90(7,8)88(124)132-68-66-130-64-62-128-60-58-126-10/h35-38,55-56,69-70,73-74,103-104H,11-34,39-54,57-68H2,1-10H3,(H,101,115)(H,102,116)(H,105,113)(H,106,114)(H,107,119)(H,108,120)(H,109,117)(H,110,118)(H,111,121)(H,112,122)/t73-,74-/m0/s1. The van der Waals surface area contributed by atoms with Gasteiger partial charge in [-0.3, -0.25) is 57.9 Å². The summed E-state index contributed by atoms with van der Waals surface area (Å²) in [5.41, 5.74) is -12.5. The van der Waals surface area contributed by atoms with Gasteiger partial charge in [0.1, 0.15) is 92.1 Å². The molecule has 12 N–H and O–H groups in total. The van der Waals surface area contributed by atoms with E-state index in [0.29, 0.717) is 217 Å². The minimum Gasteiger partial charge on any atom is -0.462 e. The van der Waals surface area contributed by atoms with Crippen LogP contribution in [0.2, 0.25) is 0 Å². The highest BCUT2D eigenvalue weighted by atomic mass is 16.6. The number of carbonyl (C=O) groups excluding carboxylic acids is 12. The number of ether oxygens (including phenoxy) is 8. The molecule has 0 unspecified atom stereocenters. The molecule has 0 aromatic carbocycles. The average molecular weight is 1850 g/mol. The van der Waals surface area contributed by atoms with Crippen LogP contribution in [-0.4, -0.2) is 242 Å². The van der Waals surface area contributed by atoms with Crippen LogP contribution in [0.1, 0.15) is 312 Å². The number of esters is 2. The Morgan fingerprint density at radius 2 is 0.515 bits per heavy atom. The van der Waals surface area contributed by atoms with E-state index in [4.69, 9.17) is 47.9 Å². The molecule has 10 amide bonds. The molecular weight excluding hydrogens is 1690 g/mol. The van der Waals surface area contributed by atoms with Gasteiger partial charge in [-0.15, -0.1) is 0 Å². The van der Waals surface area contributed by atoms with E-state index in [2.05, 4.69) is 63.8 Å². The van der Waals surface area contributed by atoms with Crippen LogP contribution in [0.15, 0.2) is 36.7 Å². The van der Waals surface area contributed by atoms with Gasteiger partial charge in [0.2, 0.25) is 59.1 Å². The lowest BCUT2D eigenvalue weighted by Crippen LogP contribution is -2.72. The molecule has 8 fully saturated rings. The quantitative estimate of drug-likeness (QED) is 0.0216. The van der Waals surface area contributed by atoms with Crippen LogP contribution in [0.3, 0.4) is 0 Å². The zero-order chi connectivity index (χ0) is 95.1. The monoisotopic (exact) mass is 1850 g/mol. The Balaban J connectivity index is 0.832. The number of methoxy groups -OCH3 is 2. The molecule has 8 aliphatic carbocycles. The molecule has 0 spiro atoms. The second kappa shape index (κ2) is 49.2. The van der Waals surface area contributed by atoms with Gasteiger partial charge < -0.3 is 102 Å². The molecule has 738 valence electrons. The molecule has 2 atom stereocenters. The predicted molar refractivity (Wildman–Crippen MR) is 497 cm³/mol. The van der Waals surface area contributed by atoms with Gasteiger partial charge >= 0.3 is 11.9 Å². The fourth-order valence-electron chi connectivity index (χ4n) is 20.6. The van der Waals surface area contributed by atoms with E-state index in [1.807, 2.05) is 12.1 Å². The number of pyridine rings is 2. The number of carbonyl (C=O) groups is 12. The molecule has 0 radical (unpaired) electrons. The summed E-state index contributed by atoms with van der Waals surface area (Å²) in [6, 6.07) is 5.04. The van der Waals surface area contributed by atoms with Crippen LogP contribution < -0.4 is 63.8 Å². The highest BCUT2D eigenvalue weighted by molar-refractivity contribution is 6.05. The smallest absolute Gasteiger partial charge is 0.331 e. The fourth-order valence-corrected chi connectivity index (χ4v) is 20.6. The van der Waals surface area contributed by atoms with Gasteiger partial charge in [-0.1, -0.05) is 182 Å². The molecule has 132 heavy (non-hydrogen) atoms. The summed E-state index contributed by atoms with van der Waals surface area (Å²) in [7, 11) is 3.17. The van der Waals surface area contributed by atoms with Crippen molar-refractivity contribution >= 4 is 82.4 Å². The van der Waals surface area contributed by atoms with Gasteiger partial charge in [-0.2, -0.15) is 0 Å². The maximum Gasteiger partial charge on any atom is 0.331 e. The van der Waals surface area contributed by atoms with Crippen LogP contribution in [-0.2, 0) is 95.4 Å². The Bertz CT molecular complexity index is 3890. The van der Waals surface area contributed by atoms with Crippen LogP contribution in [0, 0.1) is 11.8 Å². The zero-order valence-electron chi connectivity index (χ0n) is 80.6. The first kappa shape index (κ1) is 105. The Morgan fingerprint density at radius 3 is 0.750 bits per heavy atom. The molecule has 8 aliphatic rings. The van der Waals surface area contributed by atoms with Crippen molar-refractivity contribution in [1.29, 1.82) is 0 Å². The third kappa shape index (κ3) is 27.4. The molecule has 0 saturated heterocycles. The number of hydrogen-bond acceptors (Lipinski definition) is 24. The number of aromatic nitrogens is 2. The molecule has 2 heterocycles. The first-order chi connectivity index (χ1) is 63.2. The van der Waals surface area contributed by atoms with Crippen molar-refractivity contribution in [2.45, 2.75) is 380 Å². The zero-order valence-corrected chi connectivity index (χ0v) is 80.6. The molecule has 34 nitrogen and oxygen atoms in total. The van der Waals surface area contributed by atoms with E-state index in [-0.39, 0.29) is 103 Å². The minimum absolute atomic E-state index is 0.0658. The van der Waals surface area contributed by atoms with Crippen molar-refractivity contribution < 1.29 is 95.4 Å². The largest absolute Gasteiger partial charge is 0.462 e. The average Bonchev–Trinajstić information content (AvgIpc) is 0.760. The van der Waals surface area contributed by atoms with Crippen LogP contribution >= 0.6 is 0 Å². The van der Waals surface area contributed by atoms with Crippen molar-refractivity contribution in [3.63, 3.8) is 0 Å². The van der Waals surface area contributed by atoms with Gasteiger partial charge in [-0.05, 0) is 167 Å². The lowest BCUT2D eigenvalue weighted by Gasteiger charge is -2.46. The normalized spacial score (nSPS) is 20.6. The SMILES string of the molecule is COCCOCCOCCOC(=O)C(C)(C)NC(=O)[C@@H](NC(=O)C1(NC(=O)C2(NC(=O)C3(NC(=O)C4(Nc5cccnc5-c5ncccc5NC5(C(=O)NC6(C(=O)NC7(C(=O)NC8(C(=O)N[C@H](C(=O)NC(C)(C)C(=O)OCCOCCOCCOC)C(C)C)CCCCC8)CCCCC7)CCCCC6)CCCCC5)CCCCC4)CCCCC3)CCCCC2)CCCCC1)C(C)C. The predicted octanol–water partition coefficient (Wildman–Crippen LogP) is 9.80. The van der Waals surface area contributed by atoms with Gasteiger partial charge in [0.05, 0.1) is 77.4 Å². The molecule has 0 bridgehead atoms. The summed E-state index contributed by atoms with van der Waals surface area (Å²) in [6.45, 7) is 16.3. The lowest BCUT2D eigenvalue weighted by molar-refractivity contribution is -0.154. The van der Waals surface area contributed by atoms with E-state index in [9.17, 15) is 19.2 Å². The number of hydrogen-bond donors (Lipinski definition) is 12. The van der Waals surface area contributed by atoms with Gasteiger partial charge in [0.15, 0.2) is 0 Å². The second-order valence-corrected chi connectivity index (χ2v) is 40.2. The van der Waals surface area contributed by atoms with E-state index < -0.39 is 139 Å². The Labute approximate surface area is 780 Å². The summed E-state index contributed by atoms with van der Waals surface area (Å²) >= 11 is 0. The maximum atomic E-state index is 16.0. The number of rotatable bonds is 47.